The Morgan fingerprint density at radius 3 is 1.65 bits per heavy atom. The summed E-state index contributed by atoms with van der Waals surface area (Å²) in [4.78, 5) is 11.1. The average Bonchev–Trinajstić information content (AvgIpc) is 3.52. The summed E-state index contributed by atoms with van der Waals surface area (Å²) in [6, 6.07) is 22.6. The molecule has 0 radical (unpaired) electrons. The van der Waals surface area contributed by atoms with E-state index in [9.17, 15) is 0 Å². The Kier molecular flexibility index (Phi) is 11.9. The Balaban J connectivity index is 0.000000608. The molecule has 2 N–H and O–H groups in total. The molecule has 4 nitrogen and oxygen atoms in total. The van der Waals surface area contributed by atoms with Crippen LogP contribution < -0.4 is 24.6 Å². The first kappa shape index (κ1) is 30.3. The molecule has 0 aliphatic carbocycles. The molecule has 2 aromatic carbocycles. The van der Waals surface area contributed by atoms with Crippen molar-refractivity contribution in [2.75, 3.05) is 6.54 Å². The molecule has 0 saturated heterocycles. The van der Waals surface area contributed by atoms with Crippen molar-refractivity contribution >= 4 is 40.0 Å². The molecule has 2 heterocycles. The van der Waals surface area contributed by atoms with Crippen LogP contribution in [0.15, 0.2) is 73.1 Å². The third-order valence-corrected chi connectivity index (χ3v) is 7.91. The van der Waals surface area contributed by atoms with Crippen molar-refractivity contribution in [3.8, 4) is 27.2 Å². The van der Waals surface area contributed by atoms with Gasteiger partial charge in [0.25, 0.3) is 0 Å². The van der Waals surface area contributed by atoms with E-state index >= 15 is 0 Å². The summed E-state index contributed by atoms with van der Waals surface area (Å²) in [6.07, 6.45) is 3.75. The van der Waals surface area contributed by atoms with Gasteiger partial charge in [-0.2, -0.15) is 5.26 Å². The van der Waals surface area contributed by atoms with Crippen molar-refractivity contribution in [3.63, 3.8) is 0 Å². The van der Waals surface area contributed by atoms with Gasteiger partial charge in [0.1, 0.15) is 10.0 Å². The van der Waals surface area contributed by atoms with Gasteiger partial charge in [-0.05, 0) is 13.8 Å². The van der Waals surface area contributed by atoms with Gasteiger partial charge in [-0.3, -0.25) is 0 Å². The molecule has 0 bridgehead atoms. The first-order valence-electron chi connectivity index (χ1n) is 10.4. The molecular formula is C26H32AlLiN4S2. The van der Waals surface area contributed by atoms with Crippen LogP contribution in [0.2, 0.25) is 0 Å². The molecule has 0 unspecified atom stereocenters. The predicted octanol–water partition coefficient (Wildman–Crippen LogP) is 2.59. The van der Waals surface area contributed by atoms with E-state index in [1.807, 2.05) is 68.6 Å². The van der Waals surface area contributed by atoms with Crippen LogP contribution in [-0.2, 0) is 10.8 Å². The fourth-order valence-corrected chi connectivity index (χ4v) is 4.74. The van der Waals surface area contributed by atoms with E-state index in [1.54, 1.807) is 28.9 Å². The molecule has 4 rings (SSSR count). The third-order valence-electron chi connectivity index (χ3n) is 5.13. The number of aromatic nitrogens is 2. The smallest absolute Gasteiger partial charge is 1.00 e. The summed E-state index contributed by atoms with van der Waals surface area (Å²) in [5, 5.41) is 11.1. The summed E-state index contributed by atoms with van der Waals surface area (Å²) in [5.41, 5.74) is 7.61. The number of rotatable bonds is 5. The molecule has 0 saturated carbocycles. The number of benzene rings is 2. The second kappa shape index (κ2) is 13.4. The Labute approximate surface area is 235 Å². The van der Waals surface area contributed by atoms with Gasteiger partial charge in [0.05, 0.1) is 11.5 Å². The van der Waals surface area contributed by atoms with Gasteiger partial charge >= 0.3 is 18.9 Å². The van der Waals surface area contributed by atoms with Gasteiger partial charge in [0.2, 0.25) is 0 Å². The molecule has 0 spiro atoms. The summed E-state index contributed by atoms with van der Waals surface area (Å²) >= 11 is 3.31. The fraction of sp³-hybridized carbons (Fsp3) is 0.269. The number of nitrogens with two attached hydrogens (primary N) is 1. The SMILES string of the molecule is CC(C)(C#N)c1cnc(-c2ccccc2)s1.CC(C)(CN)c1cnc(-c2ccccc2)s1.[AlH3].[H-].[Li+]. The Morgan fingerprint density at radius 2 is 1.24 bits per heavy atom. The van der Waals surface area contributed by atoms with Crippen molar-refractivity contribution in [2.45, 2.75) is 38.5 Å². The molecule has 0 amide bonds. The molecule has 8 heteroatoms. The van der Waals surface area contributed by atoms with Crippen LogP contribution in [0.5, 0.6) is 0 Å². The van der Waals surface area contributed by atoms with E-state index < -0.39 is 5.41 Å². The summed E-state index contributed by atoms with van der Waals surface area (Å²) in [7, 11) is 0. The quantitative estimate of drug-likeness (QED) is 0.429. The fourth-order valence-electron chi connectivity index (χ4n) is 2.73. The van der Waals surface area contributed by atoms with E-state index in [1.165, 1.54) is 10.4 Å². The summed E-state index contributed by atoms with van der Waals surface area (Å²) in [6.45, 7) is 8.76. The van der Waals surface area contributed by atoms with Crippen LogP contribution in [0.1, 0.15) is 38.9 Å². The molecule has 0 fully saturated rings. The van der Waals surface area contributed by atoms with Gasteiger partial charge in [0.15, 0.2) is 17.4 Å². The second-order valence-corrected chi connectivity index (χ2v) is 10.7. The monoisotopic (exact) mass is 498 g/mol. The van der Waals surface area contributed by atoms with E-state index in [2.05, 4.69) is 42.0 Å². The number of nitriles is 1. The van der Waals surface area contributed by atoms with Crippen molar-refractivity contribution in [2.24, 2.45) is 5.73 Å². The van der Waals surface area contributed by atoms with Gasteiger partial charge < -0.3 is 7.16 Å². The molecule has 4 aromatic rings. The third kappa shape index (κ3) is 7.64. The molecule has 34 heavy (non-hydrogen) atoms. The van der Waals surface area contributed by atoms with Crippen molar-refractivity contribution in [1.82, 2.24) is 9.97 Å². The van der Waals surface area contributed by atoms with Crippen molar-refractivity contribution in [3.05, 3.63) is 82.8 Å². The van der Waals surface area contributed by atoms with E-state index in [0.29, 0.717) is 6.54 Å². The van der Waals surface area contributed by atoms with Gasteiger partial charge in [-0.1, -0.05) is 74.5 Å². The topological polar surface area (TPSA) is 75.6 Å². The second-order valence-electron chi connectivity index (χ2n) is 8.62. The number of thiazole rings is 2. The normalized spacial score (nSPS) is 10.7. The molecule has 0 aliphatic heterocycles. The Morgan fingerprint density at radius 1 is 0.824 bits per heavy atom. The standard InChI is InChI=1S/C13H16N2S.C13H12N2S.Al.Li.4H/c2*1-13(2,9-14)11-8-15-12(16-11)10-6-4-3-5-7-10;;;;;;/h3-8H,9,14H2,1-2H3;3-8H,1-2H3;;;;;;/q;;;+1;;;;-1. The van der Waals surface area contributed by atoms with E-state index in [0.717, 1.165) is 20.5 Å². The first-order chi connectivity index (χ1) is 15.3. The maximum Gasteiger partial charge on any atom is 1.00 e. The Bertz CT molecular complexity index is 1190. The van der Waals surface area contributed by atoms with Gasteiger partial charge in [-0.25, -0.2) is 9.97 Å². The molecule has 172 valence electrons. The van der Waals surface area contributed by atoms with Crippen LogP contribution in [0, 0.1) is 11.3 Å². The average molecular weight is 499 g/mol. The molecular weight excluding hydrogens is 466 g/mol. The zero-order valence-corrected chi connectivity index (χ0v) is 21.5. The summed E-state index contributed by atoms with van der Waals surface area (Å²) < 4.78 is 0. The van der Waals surface area contributed by atoms with Crippen molar-refractivity contribution in [1.29, 1.82) is 5.26 Å². The van der Waals surface area contributed by atoms with Crippen LogP contribution in [0.4, 0.5) is 0 Å². The summed E-state index contributed by atoms with van der Waals surface area (Å²) in [5.74, 6) is 0. The Hall–Kier alpha value is -1.72. The van der Waals surface area contributed by atoms with E-state index in [-0.39, 0.29) is 43.1 Å². The molecule has 2 aromatic heterocycles. The van der Waals surface area contributed by atoms with Crippen LogP contribution in [-0.4, -0.2) is 33.9 Å². The minimum atomic E-state index is -0.454. The maximum atomic E-state index is 9.06. The first-order valence-corrected chi connectivity index (χ1v) is 12.0. The predicted molar refractivity (Wildman–Crippen MR) is 147 cm³/mol. The molecule has 0 atom stereocenters. The van der Waals surface area contributed by atoms with Gasteiger partial charge in [-0.15, -0.1) is 22.7 Å². The minimum absolute atomic E-state index is 0. The number of hydrogen-bond donors (Lipinski definition) is 1. The van der Waals surface area contributed by atoms with Crippen LogP contribution >= 0.6 is 22.7 Å². The van der Waals surface area contributed by atoms with Crippen LogP contribution in [0.25, 0.3) is 21.1 Å². The number of hydrogen-bond acceptors (Lipinski definition) is 6. The zero-order chi connectivity index (χ0) is 23.2. The molecule has 0 aliphatic rings. The van der Waals surface area contributed by atoms with Crippen molar-refractivity contribution < 1.29 is 20.3 Å². The van der Waals surface area contributed by atoms with Crippen LogP contribution in [0.3, 0.4) is 0 Å². The number of nitrogens with zero attached hydrogens (tertiary/aromatic N) is 3. The minimum Gasteiger partial charge on any atom is -1.00 e. The largest absolute Gasteiger partial charge is 1.00 e. The van der Waals surface area contributed by atoms with E-state index in [4.69, 9.17) is 11.0 Å². The zero-order valence-electron chi connectivity index (χ0n) is 20.9. The maximum absolute atomic E-state index is 9.06. The van der Waals surface area contributed by atoms with Gasteiger partial charge in [0, 0.05) is 45.2 Å².